The Hall–Kier alpha value is -1.62. The first kappa shape index (κ1) is 15.4. The van der Waals surface area contributed by atoms with Crippen molar-refractivity contribution in [1.82, 2.24) is 4.90 Å². The van der Waals surface area contributed by atoms with Crippen LogP contribution in [0.5, 0.6) is 5.75 Å². The molecular weight excluding hydrogens is 249 g/mol. The lowest BCUT2D eigenvalue weighted by Gasteiger charge is -2.17. The molecule has 0 bridgehead atoms. The third kappa shape index (κ3) is 5.70. The molecule has 0 unspecified atom stereocenters. The van der Waals surface area contributed by atoms with Gasteiger partial charge in [0.05, 0.1) is 0 Å². The Morgan fingerprint density at radius 2 is 2.05 bits per heavy atom. The van der Waals surface area contributed by atoms with Gasteiger partial charge in [-0.2, -0.15) is 0 Å². The van der Waals surface area contributed by atoms with Crippen molar-refractivity contribution < 1.29 is 19.0 Å². The van der Waals surface area contributed by atoms with Crippen molar-refractivity contribution in [1.29, 1.82) is 0 Å². The molecule has 0 spiro atoms. The lowest BCUT2D eigenvalue weighted by atomic mass is 10.2. The number of halogens is 1. The number of unbranched alkanes of at least 4 members (excludes halogenated alkanes) is 2. The van der Waals surface area contributed by atoms with E-state index in [2.05, 4.69) is 0 Å². The van der Waals surface area contributed by atoms with Crippen LogP contribution in [-0.4, -0.2) is 42.7 Å². The third-order valence-corrected chi connectivity index (χ3v) is 2.77. The van der Waals surface area contributed by atoms with Crippen molar-refractivity contribution in [2.75, 3.05) is 26.8 Å². The van der Waals surface area contributed by atoms with Crippen molar-refractivity contribution in [3.8, 4) is 5.75 Å². The van der Waals surface area contributed by atoms with E-state index in [0.29, 0.717) is 6.54 Å². The number of nitrogens with zero attached hydrogens (tertiary/aromatic N) is 1. The Kier molecular flexibility index (Phi) is 6.89. The molecule has 1 rings (SSSR count). The molecule has 0 radical (unpaired) electrons. The van der Waals surface area contributed by atoms with Crippen LogP contribution in [0.1, 0.15) is 19.3 Å². The summed E-state index contributed by atoms with van der Waals surface area (Å²) >= 11 is 0. The number of ether oxygens (including phenoxy) is 1. The Bertz CT molecular complexity index is 398. The molecule has 1 N–H and O–H groups in total. The van der Waals surface area contributed by atoms with E-state index < -0.39 is 5.82 Å². The number of amides is 1. The van der Waals surface area contributed by atoms with E-state index in [1.807, 2.05) is 0 Å². The molecule has 0 aliphatic heterocycles. The summed E-state index contributed by atoms with van der Waals surface area (Å²) in [6.45, 7) is 0.616. The first-order chi connectivity index (χ1) is 9.15. The van der Waals surface area contributed by atoms with E-state index in [0.717, 1.165) is 19.3 Å². The van der Waals surface area contributed by atoms with Crippen LogP contribution < -0.4 is 4.74 Å². The molecule has 1 amide bonds. The van der Waals surface area contributed by atoms with Crippen molar-refractivity contribution in [2.24, 2.45) is 0 Å². The van der Waals surface area contributed by atoms with E-state index in [-0.39, 0.29) is 24.9 Å². The molecule has 106 valence electrons. The normalized spacial score (nSPS) is 10.3. The van der Waals surface area contributed by atoms with Gasteiger partial charge >= 0.3 is 0 Å². The maximum absolute atomic E-state index is 13.3. The number of hydrogen-bond acceptors (Lipinski definition) is 3. The Labute approximate surface area is 112 Å². The van der Waals surface area contributed by atoms with Gasteiger partial charge in [-0.25, -0.2) is 4.39 Å². The second kappa shape index (κ2) is 8.48. The molecular formula is C14H20FNO3. The molecule has 5 heteroatoms. The molecule has 0 fully saturated rings. The summed E-state index contributed by atoms with van der Waals surface area (Å²) in [7, 11) is 1.69. The minimum absolute atomic E-state index is 0.0875. The summed E-state index contributed by atoms with van der Waals surface area (Å²) in [5.41, 5.74) is 0. The zero-order valence-electron chi connectivity index (χ0n) is 11.1. The van der Waals surface area contributed by atoms with Crippen LogP contribution in [0.25, 0.3) is 0 Å². The molecule has 0 aliphatic carbocycles. The molecule has 1 aromatic rings. The lowest BCUT2D eigenvalue weighted by molar-refractivity contribution is -0.132. The van der Waals surface area contributed by atoms with Crippen LogP contribution >= 0.6 is 0 Å². The molecule has 19 heavy (non-hydrogen) atoms. The fraction of sp³-hybridized carbons (Fsp3) is 0.500. The predicted octanol–water partition coefficient (Wildman–Crippen LogP) is 1.83. The predicted molar refractivity (Wildman–Crippen MR) is 70.5 cm³/mol. The van der Waals surface area contributed by atoms with Crippen LogP contribution in [0.3, 0.4) is 0 Å². The Balaban J connectivity index is 2.28. The average molecular weight is 269 g/mol. The number of likely N-dealkylation sites (N-methyl/N-ethyl adjacent to an activating group) is 1. The van der Waals surface area contributed by atoms with E-state index in [9.17, 15) is 9.18 Å². The minimum Gasteiger partial charge on any atom is -0.481 e. The van der Waals surface area contributed by atoms with Gasteiger partial charge in [0.25, 0.3) is 5.91 Å². The highest BCUT2D eigenvalue weighted by atomic mass is 19.1. The zero-order chi connectivity index (χ0) is 14.1. The lowest BCUT2D eigenvalue weighted by Crippen LogP contribution is -2.32. The van der Waals surface area contributed by atoms with Crippen LogP contribution in [0.4, 0.5) is 4.39 Å². The largest absolute Gasteiger partial charge is 0.481 e. The number of carbonyl (C=O) groups excluding carboxylic acids is 1. The van der Waals surface area contributed by atoms with Crippen molar-refractivity contribution in [2.45, 2.75) is 19.3 Å². The molecule has 0 atom stereocenters. The molecule has 0 heterocycles. The van der Waals surface area contributed by atoms with Gasteiger partial charge in [-0.3, -0.25) is 4.79 Å². The highest BCUT2D eigenvalue weighted by molar-refractivity contribution is 5.77. The molecule has 0 aromatic heterocycles. The standard InChI is InChI=1S/C14H20FNO3/c1-16(9-5-2-6-10-17)14(18)11-19-13-8-4-3-7-12(13)15/h3-4,7-8,17H,2,5-6,9-11H2,1H3. The van der Waals surface area contributed by atoms with E-state index in [1.165, 1.54) is 12.1 Å². The first-order valence-corrected chi connectivity index (χ1v) is 6.37. The minimum atomic E-state index is -0.471. The Morgan fingerprint density at radius 3 is 2.74 bits per heavy atom. The zero-order valence-corrected chi connectivity index (χ0v) is 11.1. The summed E-state index contributed by atoms with van der Waals surface area (Å²) in [6.07, 6.45) is 2.46. The van der Waals surface area contributed by atoms with Gasteiger partial charge in [-0.05, 0) is 31.4 Å². The van der Waals surface area contributed by atoms with Crippen LogP contribution in [0, 0.1) is 5.82 Å². The van der Waals surface area contributed by atoms with Crippen LogP contribution in [0.2, 0.25) is 0 Å². The van der Waals surface area contributed by atoms with Crippen molar-refractivity contribution in [3.63, 3.8) is 0 Å². The van der Waals surface area contributed by atoms with E-state index in [1.54, 1.807) is 24.1 Å². The van der Waals surface area contributed by atoms with E-state index in [4.69, 9.17) is 9.84 Å². The quantitative estimate of drug-likeness (QED) is 0.732. The van der Waals surface area contributed by atoms with Gasteiger partial charge < -0.3 is 14.7 Å². The highest BCUT2D eigenvalue weighted by Gasteiger charge is 2.10. The maximum atomic E-state index is 13.3. The highest BCUT2D eigenvalue weighted by Crippen LogP contribution is 2.15. The first-order valence-electron chi connectivity index (χ1n) is 6.37. The van der Waals surface area contributed by atoms with Gasteiger partial charge in [0.2, 0.25) is 0 Å². The van der Waals surface area contributed by atoms with E-state index >= 15 is 0 Å². The number of benzene rings is 1. The Morgan fingerprint density at radius 1 is 1.32 bits per heavy atom. The van der Waals surface area contributed by atoms with Gasteiger partial charge in [-0.15, -0.1) is 0 Å². The third-order valence-electron chi connectivity index (χ3n) is 2.77. The molecule has 0 aliphatic rings. The molecule has 0 saturated carbocycles. The average Bonchev–Trinajstić information content (AvgIpc) is 2.42. The number of para-hydroxylation sites is 1. The summed E-state index contributed by atoms with van der Waals surface area (Å²) in [5.74, 6) is -0.572. The smallest absolute Gasteiger partial charge is 0.260 e. The molecule has 4 nitrogen and oxygen atoms in total. The van der Waals surface area contributed by atoms with Gasteiger partial charge in [0, 0.05) is 20.2 Å². The summed E-state index contributed by atoms with van der Waals surface area (Å²) in [6, 6.07) is 6.00. The molecule has 1 aromatic carbocycles. The number of rotatable bonds is 8. The number of hydrogen-bond donors (Lipinski definition) is 1. The van der Waals surface area contributed by atoms with Gasteiger partial charge in [0.15, 0.2) is 18.2 Å². The SMILES string of the molecule is CN(CCCCCO)C(=O)COc1ccccc1F. The fourth-order valence-corrected chi connectivity index (χ4v) is 1.57. The van der Waals surface area contributed by atoms with Gasteiger partial charge in [0.1, 0.15) is 0 Å². The second-order valence-electron chi connectivity index (χ2n) is 4.32. The summed E-state index contributed by atoms with van der Waals surface area (Å²) in [5, 5.41) is 8.64. The topological polar surface area (TPSA) is 49.8 Å². The van der Waals surface area contributed by atoms with Crippen molar-refractivity contribution in [3.05, 3.63) is 30.1 Å². The summed E-state index contributed by atoms with van der Waals surface area (Å²) in [4.78, 5) is 13.3. The van der Waals surface area contributed by atoms with Crippen LogP contribution in [0.15, 0.2) is 24.3 Å². The second-order valence-corrected chi connectivity index (χ2v) is 4.32. The van der Waals surface area contributed by atoms with Gasteiger partial charge in [-0.1, -0.05) is 12.1 Å². The molecule has 0 saturated heterocycles. The monoisotopic (exact) mass is 269 g/mol. The van der Waals surface area contributed by atoms with Crippen molar-refractivity contribution >= 4 is 5.91 Å². The summed E-state index contributed by atoms with van der Waals surface area (Å²) < 4.78 is 18.4. The van der Waals surface area contributed by atoms with Crippen LogP contribution in [-0.2, 0) is 4.79 Å². The maximum Gasteiger partial charge on any atom is 0.260 e. The number of aliphatic hydroxyl groups is 1. The number of carbonyl (C=O) groups is 1. The fourth-order valence-electron chi connectivity index (χ4n) is 1.57. The number of aliphatic hydroxyl groups excluding tert-OH is 1.